The molecule has 2 aromatic rings. The Balaban J connectivity index is 2.00. The number of rotatable bonds is 6. The highest BCUT2D eigenvalue weighted by atomic mass is 79.9. The number of nitrogens with one attached hydrogen (secondary N) is 1. The van der Waals surface area contributed by atoms with Gasteiger partial charge in [0.25, 0.3) is 5.91 Å². The lowest BCUT2D eigenvalue weighted by molar-refractivity contribution is -0.163. The topological polar surface area (TPSA) is 64.6 Å². The summed E-state index contributed by atoms with van der Waals surface area (Å²) in [5.74, 6) is -1.80. The van der Waals surface area contributed by atoms with Gasteiger partial charge in [0.15, 0.2) is 12.2 Å². The zero-order chi connectivity index (χ0) is 18.6. The molecule has 1 aromatic carbocycles. The maximum absolute atomic E-state index is 13.0. The first-order valence-electron chi connectivity index (χ1n) is 7.06. The van der Waals surface area contributed by atoms with Gasteiger partial charge in [-0.3, -0.25) is 4.79 Å². The monoisotopic (exact) mass is 449 g/mol. The third-order valence-corrected chi connectivity index (χ3v) is 5.13. The number of carbonyl (C=O) groups is 2. The van der Waals surface area contributed by atoms with Gasteiger partial charge < -0.3 is 14.8 Å². The minimum atomic E-state index is -1.09. The first kappa shape index (κ1) is 19.8. The van der Waals surface area contributed by atoms with Gasteiger partial charge in [-0.1, -0.05) is 11.6 Å². The highest BCUT2D eigenvalue weighted by Gasteiger charge is 2.27. The van der Waals surface area contributed by atoms with Gasteiger partial charge in [-0.05, 0) is 53.2 Å². The van der Waals surface area contributed by atoms with Crippen LogP contribution < -0.4 is 5.32 Å². The van der Waals surface area contributed by atoms with Crippen molar-refractivity contribution in [3.8, 4) is 0 Å². The molecule has 1 aromatic heterocycles. The zero-order valence-corrected chi connectivity index (χ0v) is 16.4. The molecule has 134 valence electrons. The van der Waals surface area contributed by atoms with Gasteiger partial charge >= 0.3 is 5.97 Å². The fourth-order valence-corrected chi connectivity index (χ4v) is 3.62. The Bertz CT molecular complexity index is 785. The van der Waals surface area contributed by atoms with Crippen molar-refractivity contribution in [2.45, 2.75) is 19.1 Å². The number of esters is 1. The summed E-state index contributed by atoms with van der Waals surface area (Å²) in [5, 5.41) is 2.53. The molecule has 0 aliphatic carbocycles. The van der Waals surface area contributed by atoms with Crippen molar-refractivity contribution in [1.29, 1.82) is 0 Å². The molecule has 0 aliphatic heterocycles. The van der Waals surface area contributed by atoms with E-state index in [1.54, 1.807) is 12.1 Å². The Morgan fingerprint density at radius 2 is 2.04 bits per heavy atom. The number of carbonyl (C=O) groups excluding carboxylic acids is 2. The fraction of sp³-hybridized carbons (Fsp3) is 0.250. The lowest BCUT2D eigenvalue weighted by atomic mass is 10.2. The highest BCUT2D eigenvalue weighted by Crippen LogP contribution is 2.30. The molecule has 9 heteroatoms. The molecule has 1 N–H and O–H groups in total. The van der Waals surface area contributed by atoms with Crippen LogP contribution in [0.15, 0.2) is 34.1 Å². The van der Waals surface area contributed by atoms with E-state index in [0.717, 1.165) is 15.9 Å². The van der Waals surface area contributed by atoms with Crippen LogP contribution in [0.2, 0.25) is 5.02 Å². The third-order valence-electron chi connectivity index (χ3n) is 3.15. The molecule has 0 bridgehead atoms. The average molecular weight is 451 g/mol. The van der Waals surface area contributed by atoms with Gasteiger partial charge in [-0.2, -0.15) is 0 Å². The van der Waals surface area contributed by atoms with Crippen LogP contribution in [0.5, 0.6) is 0 Å². The van der Waals surface area contributed by atoms with E-state index in [9.17, 15) is 14.0 Å². The van der Waals surface area contributed by atoms with Crippen LogP contribution in [0.4, 0.5) is 10.1 Å². The second-order valence-corrected chi connectivity index (χ2v) is 7.85. The summed E-state index contributed by atoms with van der Waals surface area (Å²) in [6.07, 6.45) is -2.02. The largest absolute Gasteiger partial charge is 0.450 e. The first-order valence-corrected chi connectivity index (χ1v) is 9.05. The number of ether oxygens (including phenoxy) is 2. The Morgan fingerprint density at radius 1 is 1.32 bits per heavy atom. The van der Waals surface area contributed by atoms with Crippen molar-refractivity contribution in [2.24, 2.45) is 0 Å². The molecular weight excluding hydrogens is 437 g/mol. The third kappa shape index (κ3) is 5.24. The molecule has 0 radical (unpaired) electrons. The van der Waals surface area contributed by atoms with Gasteiger partial charge in [-0.15, -0.1) is 11.3 Å². The normalized spacial score (nSPS) is 13.2. The molecule has 25 heavy (non-hydrogen) atoms. The van der Waals surface area contributed by atoms with Crippen molar-refractivity contribution in [2.75, 3.05) is 12.4 Å². The van der Waals surface area contributed by atoms with E-state index in [2.05, 4.69) is 21.2 Å². The molecule has 5 nitrogen and oxygen atoms in total. The van der Waals surface area contributed by atoms with Crippen LogP contribution in [-0.2, 0) is 19.1 Å². The summed E-state index contributed by atoms with van der Waals surface area (Å²) in [5.41, 5.74) is 0.224. The molecule has 1 amide bonds. The number of methoxy groups -OCH3 is 1. The quantitative estimate of drug-likeness (QED) is 0.655. The molecule has 1 heterocycles. The lowest BCUT2D eigenvalue weighted by Crippen LogP contribution is -2.32. The number of hydrogen-bond acceptors (Lipinski definition) is 5. The number of thiophene rings is 1. The van der Waals surface area contributed by atoms with Crippen LogP contribution in [0.3, 0.4) is 0 Å². The summed E-state index contributed by atoms with van der Waals surface area (Å²) in [6.45, 7) is 1.42. The van der Waals surface area contributed by atoms with Gasteiger partial charge in [0.2, 0.25) is 0 Å². The van der Waals surface area contributed by atoms with E-state index < -0.39 is 29.9 Å². The van der Waals surface area contributed by atoms with Crippen LogP contribution >= 0.6 is 38.9 Å². The van der Waals surface area contributed by atoms with Crippen molar-refractivity contribution < 1.29 is 23.5 Å². The second-order valence-electron chi connectivity index (χ2n) is 4.95. The van der Waals surface area contributed by atoms with E-state index >= 15 is 0 Å². The molecule has 2 unspecified atom stereocenters. The first-order chi connectivity index (χ1) is 11.8. The van der Waals surface area contributed by atoms with Gasteiger partial charge in [-0.25, -0.2) is 9.18 Å². The number of benzene rings is 1. The Kier molecular flexibility index (Phi) is 6.95. The SMILES string of the molecule is COC(C(=O)OC(C)C(=O)Nc1ccc(F)cc1Cl)c1ccc(Br)s1. The highest BCUT2D eigenvalue weighted by molar-refractivity contribution is 9.11. The predicted molar refractivity (Wildman–Crippen MR) is 97.4 cm³/mol. The second kappa shape index (κ2) is 8.75. The predicted octanol–water partition coefficient (Wildman–Crippen LogP) is 4.56. The van der Waals surface area contributed by atoms with Crippen LogP contribution in [0.25, 0.3) is 0 Å². The zero-order valence-electron chi connectivity index (χ0n) is 13.2. The number of amides is 1. The minimum absolute atomic E-state index is 0.0464. The summed E-state index contributed by atoms with van der Waals surface area (Å²) >= 11 is 10.5. The number of halogens is 3. The minimum Gasteiger partial charge on any atom is -0.450 e. The van der Waals surface area contributed by atoms with Crippen LogP contribution in [-0.4, -0.2) is 25.1 Å². The van der Waals surface area contributed by atoms with Gasteiger partial charge in [0, 0.05) is 12.0 Å². The Morgan fingerprint density at radius 3 is 2.60 bits per heavy atom. The molecular formula is C16H14BrClFNO4S. The van der Waals surface area contributed by atoms with E-state index in [4.69, 9.17) is 21.1 Å². The van der Waals surface area contributed by atoms with Crippen molar-refractivity contribution in [3.05, 3.63) is 49.8 Å². The van der Waals surface area contributed by atoms with Crippen LogP contribution in [0, 0.1) is 5.82 Å². The molecule has 2 rings (SSSR count). The summed E-state index contributed by atoms with van der Waals surface area (Å²) in [6, 6.07) is 7.07. The van der Waals surface area contributed by atoms with E-state index in [1.807, 2.05) is 0 Å². The van der Waals surface area contributed by atoms with Crippen molar-refractivity contribution in [1.82, 2.24) is 0 Å². The van der Waals surface area contributed by atoms with Gasteiger partial charge in [0.1, 0.15) is 5.82 Å². The van der Waals surface area contributed by atoms with Crippen molar-refractivity contribution >= 4 is 56.4 Å². The smallest absolute Gasteiger partial charge is 0.341 e. The van der Waals surface area contributed by atoms with E-state index in [1.165, 1.54) is 31.4 Å². The Labute approximate surface area is 161 Å². The summed E-state index contributed by atoms with van der Waals surface area (Å²) in [7, 11) is 1.38. The van der Waals surface area contributed by atoms with E-state index in [0.29, 0.717) is 4.88 Å². The standard InChI is InChI=1S/C16H14BrClFNO4S/c1-8(15(21)20-11-4-3-9(19)7-10(11)18)24-16(22)14(23-2)12-5-6-13(17)25-12/h3-8,14H,1-2H3,(H,20,21). The molecule has 2 atom stereocenters. The molecule has 0 aliphatic rings. The molecule has 0 spiro atoms. The fourth-order valence-electron chi connectivity index (χ4n) is 1.91. The summed E-state index contributed by atoms with van der Waals surface area (Å²) in [4.78, 5) is 25.0. The molecule has 0 saturated carbocycles. The Hall–Kier alpha value is -1.48. The van der Waals surface area contributed by atoms with Crippen molar-refractivity contribution in [3.63, 3.8) is 0 Å². The maximum Gasteiger partial charge on any atom is 0.341 e. The molecule has 0 fully saturated rings. The summed E-state index contributed by atoms with van der Waals surface area (Å²) < 4.78 is 24.2. The maximum atomic E-state index is 13.0. The van der Waals surface area contributed by atoms with E-state index in [-0.39, 0.29) is 10.7 Å². The average Bonchev–Trinajstić information content (AvgIpc) is 2.96. The lowest BCUT2D eigenvalue weighted by Gasteiger charge is -2.18. The van der Waals surface area contributed by atoms with Crippen LogP contribution in [0.1, 0.15) is 17.9 Å². The van der Waals surface area contributed by atoms with Gasteiger partial charge in [0.05, 0.1) is 14.5 Å². The molecule has 0 saturated heterocycles. The number of anilines is 1. The number of hydrogen-bond donors (Lipinski definition) is 1.